The van der Waals surface area contributed by atoms with Crippen molar-refractivity contribution >= 4 is 0 Å². The van der Waals surface area contributed by atoms with Gasteiger partial charge in [0.1, 0.15) is 45.3 Å². The third-order valence-corrected chi connectivity index (χ3v) is 4.73. The maximum Gasteiger partial charge on any atom is 0.192 e. The summed E-state index contributed by atoms with van der Waals surface area (Å²) >= 11 is 0. The third kappa shape index (κ3) is 1.85. The fourth-order valence-electron chi connectivity index (χ4n) is 3.06. The number of likely N-dealkylation sites (N-methyl/N-ethyl adjacent to an activating group) is 1. The molecule has 0 radical (unpaired) electrons. The van der Waals surface area contributed by atoms with Gasteiger partial charge in [-0.1, -0.05) is 6.58 Å². The average molecular weight is 228 g/mol. The van der Waals surface area contributed by atoms with Crippen LogP contribution in [0.25, 0.3) is 0 Å². The standard InChI is InChI=1S/C12H24N2O2/c1-11(12(2)16-15-4)14-8-5-13(3,6-9-14)7-10-14/h11H,2,5-10H2,1,3-4H3/q+2. The summed E-state index contributed by atoms with van der Waals surface area (Å²) in [6, 6.07) is 0.342. The second kappa shape index (κ2) is 4.02. The van der Waals surface area contributed by atoms with Crippen LogP contribution in [0.1, 0.15) is 6.92 Å². The van der Waals surface area contributed by atoms with Crippen molar-refractivity contribution < 1.29 is 18.7 Å². The lowest BCUT2D eigenvalue weighted by atomic mass is 10.0. The minimum atomic E-state index is 0.342. The lowest BCUT2D eigenvalue weighted by Gasteiger charge is -2.56. The second-order valence-corrected chi connectivity index (χ2v) is 5.57. The number of piperazine rings is 3. The molecule has 4 heteroatoms. The van der Waals surface area contributed by atoms with Crippen molar-refractivity contribution in [2.45, 2.75) is 13.0 Å². The highest BCUT2D eigenvalue weighted by Gasteiger charge is 2.50. The largest absolute Gasteiger partial charge is 0.337 e. The molecule has 0 amide bonds. The van der Waals surface area contributed by atoms with Crippen molar-refractivity contribution in [3.63, 3.8) is 0 Å². The Morgan fingerprint density at radius 3 is 2.06 bits per heavy atom. The fourth-order valence-corrected chi connectivity index (χ4v) is 3.06. The Hall–Kier alpha value is -0.580. The fraction of sp³-hybridized carbons (Fsp3) is 0.833. The maximum absolute atomic E-state index is 5.11. The summed E-state index contributed by atoms with van der Waals surface area (Å²) in [5, 5.41) is 0. The predicted octanol–water partition coefficient (Wildman–Crippen LogP) is 0.757. The summed E-state index contributed by atoms with van der Waals surface area (Å²) in [4.78, 5) is 9.84. The van der Waals surface area contributed by atoms with Crippen molar-refractivity contribution in [1.29, 1.82) is 0 Å². The molecule has 3 saturated heterocycles. The molecule has 0 aromatic heterocycles. The molecular formula is C12H24N2O2+2. The van der Waals surface area contributed by atoms with Gasteiger partial charge >= 0.3 is 0 Å². The topological polar surface area (TPSA) is 18.5 Å². The van der Waals surface area contributed by atoms with Crippen LogP contribution in [0.4, 0.5) is 0 Å². The average Bonchev–Trinajstić information content (AvgIpc) is 2.30. The van der Waals surface area contributed by atoms with Gasteiger partial charge in [-0.3, -0.25) is 0 Å². The van der Waals surface area contributed by atoms with Crippen molar-refractivity contribution in [3.8, 4) is 0 Å². The SMILES string of the molecule is C=C(OOC)C(C)[N+]12CC[N+](C)(CC1)CC2. The van der Waals surface area contributed by atoms with Gasteiger partial charge in [-0.05, 0) is 6.92 Å². The normalized spacial score (nSPS) is 39.4. The van der Waals surface area contributed by atoms with Crippen LogP contribution in [0.5, 0.6) is 0 Å². The maximum atomic E-state index is 5.11. The molecule has 0 aromatic carbocycles. The van der Waals surface area contributed by atoms with Crippen molar-refractivity contribution in [3.05, 3.63) is 12.3 Å². The number of fused-ring (bicyclic) bond motifs is 3. The molecule has 1 unspecified atom stereocenters. The van der Waals surface area contributed by atoms with Gasteiger partial charge in [0, 0.05) is 0 Å². The zero-order chi connectivity index (χ0) is 11.8. The van der Waals surface area contributed by atoms with Crippen LogP contribution in [-0.4, -0.2) is 68.4 Å². The number of nitrogens with zero attached hydrogens (tertiary/aromatic N) is 2. The minimum absolute atomic E-state index is 0.342. The highest BCUT2D eigenvalue weighted by molar-refractivity contribution is 4.90. The van der Waals surface area contributed by atoms with Crippen LogP contribution in [0, 0.1) is 0 Å². The lowest BCUT2D eigenvalue weighted by Crippen LogP contribution is -2.75. The van der Waals surface area contributed by atoms with Gasteiger partial charge in [-0.2, -0.15) is 4.89 Å². The first kappa shape index (κ1) is 11.9. The van der Waals surface area contributed by atoms with E-state index in [1.165, 1.54) is 50.9 Å². The Morgan fingerprint density at radius 1 is 1.12 bits per heavy atom. The zero-order valence-electron chi connectivity index (χ0n) is 10.7. The number of hydrogen-bond acceptors (Lipinski definition) is 2. The van der Waals surface area contributed by atoms with E-state index in [4.69, 9.17) is 9.78 Å². The van der Waals surface area contributed by atoms with Gasteiger partial charge in [0.05, 0.1) is 14.2 Å². The van der Waals surface area contributed by atoms with Gasteiger partial charge in [0.25, 0.3) is 0 Å². The van der Waals surface area contributed by atoms with E-state index in [2.05, 4.69) is 20.6 Å². The number of rotatable bonds is 4. The Labute approximate surface area is 98.1 Å². The summed E-state index contributed by atoms with van der Waals surface area (Å²) < 4.78 is 2.39. The smallest absolute Gasteiger partial charge is 0.192 e. The number of quaternary nitrogens is 2. The van der Waals surface area contributed by atoms with E-state index in [1.54, 1.807) is 0 Å². The molecule has 3 aliphatic rings. The van der Waals surface area contributed by atoms with Crippen LogP contribution in [0.15, 0.2) is 12.3 Å². The molecule has 1 atom stereocenters. The van der Waals surface area contributed by atoms with Crippen LogP contribution in [0.3, 0.4) is 0 Å². The Morgan fingerprint density at radius 2 is 1.62 bits per heavy atom. The molecule has 2 bridgehead atoms. The monoisotopic (exact) mass is 228 g/mol. The first-order valence-corrected chi connectivity index (χ1v) is 6.10. The summed E-state index contributed by atoms with van der Waals surface area (Å²) in [6.07, 6.45) is 0. The van der Waals surface area contributed by atoms with E-state index in [-0.39, 0.29) is 0 Å². The Kier molecular flexibility index (Phi) is 2.99. The third-order valence-electron chi connectivity index (χ3n) is 4.73. The molecule has 0 aromatic rings. The Bertz CT molecular complexity index is 266. The summed E-state index contributed by atoms with van der Waals surface area (Å²) in [5.41, 5.74) is 0. The van der Waals surface area contributed by atoms with Crippen molar-refractivity contribution in [1.82, 2.24) is 0 Å². The highest BCUT2D eigenvalue weighted by Crippen LogP contribution is 2.30. The zero-order valence-corrected chi connectivity index (χ0v) is 10.7. The van der Waals surface area contributed by atoms with E-state index < -0.39 is 0 Å². The predicted molar refractivity (Wildman–Crippen MR) is 62.3 cm³/mol. The summed E-state index contributed by atoms with van der Waals surface area (Å²) in [5.74, 6) is 0.764. The van der Waals surface area contributed by atoms with E-state index in [1.807, 2.05) is 0 Å². The van der Waals surface area contributed by atoms with Crippen LogP contribution >= 0.6 is 0 Å². The first-order valence-electron chi connectivity index (χ1n) is 6.10. The molecule has 3 heterocycles. The molecule has 4 nitrogen and oxygen atoms in total. The van der Waals surface area contributed by atoms with Gasteiger partial charge < -0.3 is 13.9 Å². The van der Waals surface area contributed by atoms with Gasteiger partial charge in [0.15, 0.2) is 5.76 Å². The molecule has 3 aliphatic heterocycles. The molecule has 0 N–H and O–H groups in total. The summed E-state index contributed by atoms with van der Waals surface area (Å²) in [6.45, 7) is 13.8. The first-order chi connectivity index (χ1) is 7.51. The second-order valence-electron chi connectivity index (χ2n) is 5.57. The molecular weight excluding hydrogens is 204 g/mol. The van der Waals surface area contributed by atoms with E-state index in [9.17, 15) is 0 Å². The number of hydrogen-bond donors (Lipinski definition) is 0. The van der Waals surface area contributed by atoms with Crippen molar-refractivity contribution in [2.24, 2.45) is 0 Å². The van der Waals surface area contributed by atoms with E-state index in [0.29, 0.717) is 6.04 Å². The molecule has 0 saturated carbocycles. The highest BCUT2D eigenvalue weighted by atomic mass is 17.2. The van der Waals surface area contributed by atoms with Gasteiger partial charge in [-0.15, -0.1) is 0 Å². The Balaban J connectivity index is 2.06. The molecule has 3 rings (SSSR count). The van der Waals surface area contributed by atoms with E-state index >= 15 is 0 Å². The molecule has 92 valence electrons. The lowest BCUT2D eigenvalue weighted by molar-refractivity contribution is -1.08. The minimum Gasteiger partial charge on any atom is -0.337 e. The molecule has 0 aliphatic carbocycles. The van der Waals surface area contributed by atoms with Crippen LogP contribution in [-0.2, 0) is 9.78 Å². The molecule has 16 heavy (non-hydrogen) atoms. The van der Waals surface area contributed by atoms with Gasteiger partial charge in [0.2, 0.25) is 0 Å². The van der Waals surface area contributed by atoms with Crippen LogP contribution < -0.4 is 0 Å². The molecule has 0 spiro atoms. The summed E-state index contributed by atoms with van der Waals surface area (Å²) in [7, 11) is 3.91. The van der Waals surface area contributed by atoms with Gasteiger partial charge in [-0.25, -0.2) is 0 Å². The molecule has 3 fully saturated rings. The van der Waals surface area contributed by atoms with E-state index in [0.717, 1.165) is 10.2 Å². The van der Waals surface area contributed by atoms with Crippen LogP contribution in [0.2, 0.25) is 0 Å². The van der Waals surface area contributed by atoms with Crippen molar-refractivity contribution in [2.75, 3.05) is 53.4 Å². The quantitative estimate of drug-likeness (QED) is 0.306.